The zero-order valence-electron chi connectivity index (χ0n) is 12.4. The van der Waals surface area contributed by atoms with E-state index in [1.165, 1.54) is 6.08 Å². The SMILES string of the molecule is COc1ccc(CN=C=O)cc1.Cc1cccc(C(=O)O)c1. The number of methoxy groups -OCH3 is 1. The molecule has 0 atom stereocenters. The van der Waals surface area contributed by atoms with Crippen LogP contribution >= 0.6 is 0 Å². The number of isocyanates is 1. The van der Waals surface area contributed by atoms with Crippen molar-refractivity contribution in [2.75, 3.05) is 7.11 Å². The summed E-state index contributed by atoms with van der Waals surface area (Å²) in [4.78, 5) is 23.6. The van der Waals surface area contributed by atoms with E-state index in [1.807, 2.05) is 37.3 Å². The van der Waals surface area contributed by atoms with Crippen LogP contribution in [0, 0.1) is 6.92 Å². The Labute approximate surface area is 128 Å². The highest BCUT2D eigenvalue weighted by Crippen LogP contribution is 2.11. The summed E-state index contributed by atoms with van der Waals surface area (Å²) >= 11 is 0. The highest BCUT2D eigenvalue weighted by atomic mass is 16.5. The number of carboxylic acids is 1. The molecule has 22 heavy (non-hydrogen) atoms. The number of carboxylic acid groups (broad SMARTS) is 1. The molecule has 0 spiro atoms. The summed E-state index contributed by atoms with van der Waals surface area (Å²) in [6, 6.07) is 14.2. The van der Waals surface area contributed by atoms with Gasteiger partial charge in [-0.3, -0.25) is 0 Å². The van der Waals surface area contributed by atoms with E-state index in [4.69, 9.17) is 9.84 Å². The summed E-state index contributed by atoms with van der Waals surface area (Å²) in [5.74, 6) is -0.0717. The van der Waals surface area contributed by atoms with E-state index in [0.717, 1.165) is 16.9 Å². The van der Waals surface area contributed by atoms with E-state index in [1.54, 1.807) is 25.3 Å². The van der Waals surface area contributed by atoms with E-state index in [2.05, 4.69) is 4.99 Å². The minimum Gasteiger partial charge on any atom is -0.497 e. The van der Waals surface area contributed by atoms with E-state index < -0.39 is 5.97 Å². The number of rotatable bonds is 4. The first-order valence-corrected chi connectivity index (χ1v) is 6.53. The Bertz CT molecular complexity index is 659. The molecule has 2 aromatic rings. The van der Waals surface area contributed by atoms with Gasteiger partial charge in [-0.25, -0.2) is 14.6 Å². The highest BCUT2D eigenvalue weighted by Gasteiger charge is 1.99. The van der Waals surface area contributed by atoms with Crippen molar-refractivity contribution in [3.63, 3.8) is 0 Å². The Balaban J connectivity index is 0.000000224. The zero-order valence-corrected chi connectivity index (χ0v) is 12.4. The molecule has 5 nitrogen and oxygen atoms in total. The summed E-state index contributed by atoms with van der Waals surface area (Å²) in [5, 5.41) is 8.51. The molecule has 2 rings (SSSR count). The van der Waals surface area contributed by atoms with Gasteiger partial charge in [0, 0.05) is 0 Å². The van der Waals surface area contributed by atoms with Crippen LogP contribution in [0.2, 0.25) is 0 Å². The van der Waals surface area contributed by atoms with Crippen LogP contribution in [0.15, 0.2) is 53.5 Å². The fourth-order valence-corrected chi connectivity index (χ4v) is 1.63. The molecule has 114 valence electrons. The molecular weight excluding hydrogens is 282 g/mol. The van der Waals surface area contributed by atoms with Gasteiger partial charge in [-0.1, -0.05) is 29.8 Å². The number of ether oxygens (including phenoxy) is 1. The molecule has 5 heteroatoms. The van der Waals surface area contributed by atoms with Crippen molar-refractivity contribution >= 4 is 12.0 Å². The number of aromatic carboxylic acids is 1. The number of nitrogens with zero attached hydrogens (tertiary/aromatic N) is 1. The molecule has 0 radical (unpaired) electrons. The first kappa shape index (κ1) is 17.1. The van der Waals surface area contributed by atoms with Crippen LogP contribution in [0.3, 0.4) is 0 Å². The van der Waals surface area contributed by atoms with Gasteiger partial charge in [-0.15, -0.1) is 0 Å². The lowest BCUT2D eigenvalue weighted by atomic mass is 10.1. The Kier molecular flexibility index (Phi) is 7.09. The van der Waals surface area contributed by atoms with Gasteiger partial charge < -0.3 is 9.84 Å². The zero-order chi connectivity index (χ0) is 16.4. The van der Waals surface area contributed by atoms with Crippen LogP contribution in [0.1, 0.15) is 21.5 Å². The largest absolute Gasteiger partial charge is 0.497 e. The molecule has 0 amide bonds. The molecule has 0 fully saturated rings. The van der Waals surface area contributed by atoms with Gasteiger partial charge in [-0.05, 0) is 36.8 Å². The van der Waals surface area contributed by atoms with Crippen molar-refractivity contribution < 1.29 is 19.4 Å². The predicted octanol–water partition coefficient (Wildman–Crippen LogP) is 3.22. The summed E-state index contributed by atoms with van der Waals surface area (Å²) < 4.78 is 4.97. The van der Waals surface area contributed by atoms with Crippen LogP contribution in [-0.4, -0.2) is 24.3 Å². The minimum atomic E-state index is -0.872. The van der Waals surface area contributed by atoms with Gasteiger partial charge in [0.2, 0.25) is 6.08 Å². The first-order valence-electron chi connectivity index (χ1n) is 6.53. The lowest BCUT2D eigenvalue weighted by molar-refractivity contribution is 0.0697. The van der Waals surface area contributed by atoms with Gasteiger partial charge in [0.15, 0.2) is 0 Å². The lowest BCUT2D eigenvalue weighted by Gasteiger charge is -1.99. The van der Waals surface area contributed by atoms with Gasteiger partial charge in [0.05, 0.1) is 19.2 Å². The third-order valence-electron chi connectivity index (χ3n) is 2.75. The number of aryl methyl sites for hydroxylation is 1. The van der Waals surface area contributed by atoms with Crippen LogP contribution in [0.5, 0.6) is 5.75 Å². The minimum absolute atomic E-state index is 0.347. The molecule has 0 aliphatic heterocycles. The van der Waals surface area contributed by atoms with Gasteiger partial charge in [-0.2, -0.15) is 0 Å². The standard InChI is InChI=1S/C9H9NO2.C8H8O2/c1-12-9-4-2-8(3-5-9)6-10-7-11;1-6-3-2-4-7(5-6)8(9)10/h2-5H,6H2,1H3;2-5H,1H3,(H,9,10). The molecule has 0 saturated carbocycles. The maximum Gasteiger partial charge on any atom is 0.335 e. The Morgan fingerprint density at radius 1 is 1.23 bits per heavy atom. The van der Waals surface area contributed by atoms with Crippen LogP contribution in [-0.2, 0) is 11.3 Å². The summed E-state index contributed by atoms with van der Waals surface area (Å²) in [7, 11) is 1.61. The number of hydrogen-bond donors (Lipinski definition) is 1. The number of aliphatic imine (C=N–C) groups is 1. The van der Waals surface area contributed by atoms with Gasteiger partial charge in [0.1, 0.15) is 5.75 Å². The fraction of sp³-hybridized carbons (Fsp3) is 0.176. The first-order chi connectivity index (χ1) is 10.6. The second-order valence-electron chi connectivity index (χ2n) is 4.43. The van der Waals surface area contributed by atoms with Gasteiger partial charge in [0.25, 0.3) is 0 Å². The number of carbonyl (C=O) groups excluding carboxylic acids is 1. The molecule has 0 saturated heterocycles. The van der Waals surface area contributed by atoms with Crippen molar-refractivity contribution in [3.8, 4) is 5.75 Å². The smallest absolute Gasteiger partial charge is 0.335 e. The summed E-state index contributed by atoms with van der Waals surface area (Å²) in [6.07, 6.45) is 1.49. The quantitative estimate of drug-likeness (QED) is 0.694. The van der Waals surface area contributed by atoms with Crippen molar-refractivity contribution in [1.82, 2.24) is 0 Å². The second kappa shape index (κ2) is 9.10. The maximum absolute atomic E-state index is 10.4. The Hall–Kier alpha value is -2.91. The molecular formula is C17H17NO4. The van der Waals surface area contributed by atoms with Crippen molar-refractivity contribution in [2.24, 2.45) is 4.99 Å². The van der Waals surface area contributed by atoms with E-state index in [-0.39, 0.29) is 0 Å². The van der Waals surface area contributed by atoms with E-state index in [9.17, 15) is 9.59 Å². The fourth-order valence-electron chi connectivity index (χ4n) is 1.63. The van der Waals surface area contributed by atoms with Crippen molar-refractivity contribution in [2.45, 2.75) is 13.5 Å². The normalized spacial score (nSPS) is 9.00. The molecule has 2 aromatic carbocycles. The third kappa shape index (κ3) is 6.03. The summed E-state index contributed by atoms with van der Waals surface area (Å²) in [5.41, 5.74) is 2.29. The Morgan fingerprint density at radius 2 is 1.91 bits per heavy atom. The van der Waals surface area contributed by atoms with Crippen molar-refractivity contribution in [1.29, 1.82) is 0 Å². The monoisotopic (exact) mass is 299 g/mol. The molecule has 0 bridgehead atoms. The van der Waals surface area contributed by atoms with Crippen LogP contribution in [0.25, 0.3) is 0 Å². The van der Waals surface area contributed by atoms with Crippen LogP contribution in [0.4, 0.5) is 0 Å². The second-order valence-corrected chi connectivity index (χ2v) is 4.43. The molecule has 0 unspecified atom stereocenters. The Morgan fingerprint density at radius 3 is 2.36 bits per heavy atom. The molecule has 0 aliphatic carbocycles. The van der Waals surface area contributed by atoms with E-state index >= 15 is 0 Å². The topological polar surface area (TPSA) is 76.0 Å². The number of hydrogen-bond acceptors (Lipinski definition) is 4. The average molecular weight is 299 g/mol. The van der Waals surface area contributed by atoms with Crippen LogP contribution < -0.4 is 4.74 Å². The molecule has 0 heterocycles. The van der Waals surface area contributed by atoms with E-state index in [0.29, 0.717) is 12.1 Å². The summed E-state index contributed by atoms with van der Waals surface area (Å²) in [6.45, 7) is 2.25. The third-order valence-corrected chi connectivity index (χ3v) is 2.75. The lowest BCUT2D eigenvalue weighted by Crippen LogP contribution is -1.95. The number of benzene rings is 2. The van der Waals surface area contributed by atoms with Gasteiger partial charge >= 0.3 is 5.97 Å². The molecule has 0 aliphatic rings. The average Bonchev–Trinajstić information content (AvgIpc) is 2.54. The molecule has 1 N–H and O–H groups in total. The van der Waals surface area contributed by atoms with Crippen molar-refractivity contribution in [3.05, 3.63) is 65.2 Å². The predicted molar refractivity (Wildman–Crippen MR) is 83.0 cm³/mol. The molecule has 0 aromatic heterocycles. The number of carbonyl (C=O) groups is 1. The maximum atomic E-state index is 10.4. The highest BCUT2D eigenvalue weighted by molar-refractivity contribution is 5.87.